The Balaban J connectivity index is 2.45. The average Bonchev–Trinajstić information content (AvgIpc) is 2.38. The van der Waals surface area contributed by atoms with Crippen molar-refractivity contribution in [2.75, 3.05) is 5.32 Å². The molecule has 2 rings (SSSR count). The number of pyridine rings is 1. The van der Waals surface area contributed by atoms with Gasteiger partial charge in [0.15, 0.2) is 5.82 Å². The second-order valence-electron chi connectivity index (χ2n) is 3.97. The van der Waals surface area contributed by atoms with Crippen molar-refractivity contribution >= 4 is 28.8 Å². The largest absolute Gasteiger partial charge is 0.335 e. The summed E-state index contributed by atoms with van der Waals surface area (Å²) in [6, 6.07) is 4.44. The van der Waals surface area contributed by atoms with Gasteiger partial charge in [-0.05, 0) is 18.6 Å². The van der Waals surface area contributed by atoms with Crippen LogP contribution in [-0.2, 0) is 0 Å². The minimum Gasteiger partial charge on any atom is -0.335 e. The SMILES string of the molecule is Cc1ccc(F)c(Nc2cc([N+](=O)[O-])cc(Cl)n2)c1F. The van der Waals surface area contributed by atoms with Gasteiger partial charge in [-0.15, -0.1) is 0 Å². The van der Waals surface area contributed by atoms with E-state index in [0.29, 0.717) is 0 Å². The van der Waals surface area contributed by atoms with Crippen molar-refractivity contribution in [1.29, 1.82) is 0 Å². The van der Waals surface area contributed by atoms with Crippen molar-refractivity contribution in [1.82, 2.24) is 4.98 Å². The molecule has 0 aliphatic heterocycles. The highest BCUT2D eigenvalue weighted by Crippen LogP contribution is 2.27. The van der Waals surface area contributed by atoms with E-state index in [2.05, 4.69) is 10.3 Å². The average molecular weight is 300 g/mol. The number of benzene rings is 1. The molecular weight excluding hydrogens is 292 g/mol. The van der Waals surface area contributed by atoms with E-state index in [-0.39, 0.29) is 22.2 Å². The lowest BCUT2D eigenvalue weighted by atomic mass is 10.2. The second kappa shape index (κ2) is 5.38. The van der Waals surface area contributed by atoms with Gasteiger partial charge in [-0.3, -0.25) is 10.1 Å². The molecule has 1 N–H and O–H groups in total. The predicted molar refractivity (Wildman–Crippen MR) is 70.3 cm³/mol. The van der Waals surface area contributed by atoms with E-state index >= 15 is 0 Å². The fourth-order valence-electron chi connectivity index (χ4n) is 1.55. The Morgan fingerprint density at radius 2 is 2.05 bits per heavy atom. The summed E-state index contributed by atoms with van der Waals surface area (Å²) in [5.41, 5.74) is -0.541. The predicted octanol–water partition coefficient (Wildman–Crippen LogP) is 3.97. The molecule has 0 radical (unpaired) electrons. The van der Waals surface area contributed by atoms with Crippen molar-refractivity contribution in [3.63, 3.8) is 0 Å². The van der Waals surface area contributed by atoms with Gasteiger partial charge in [0, 0.05) is 0 Å². The molecule has 20 heavy (non-hydrogen) atoms. The minimum atomic E-state index is -0.836. The molecular formula is C12H8ClF2N3O2. The fourth-order valence-corrected chi connectivity index (χ4v) is 1.75. The summed E-state index contributed by atoms with van der Waals surface area (Å²) < 4.78 is 27.4. The van der Waals surface area contributed by atoms with E-state index in [0.717, 1.165) is 18.2 Å². The highest BCUT2D eigenvalue weighted by molar-refractivity contribution is 6.29. The molecule has 5 nitrogen and oxygen atoms in total. The first kappa shape index (κ1) is 14.1. The zero-order chi connectivity index (χ0) is 14.9. The van der Waals surface area contributed by atoms with Gasteiger partial charge in [0.05, 0.1) is 17.1 Å². The Hall–Kier alpha value is -2.28. The Morgan fingerprint density at radius 3 is 2.70 bits per heavy atom. The Morgan fingerprint density at radius 1 is 1.35 bits per heavy atom. The molecule has 1 aromatic carbocycles. The van der Waals surface area contributed by atoms with Crippen molar-refractivity contribution < 1.29 is 13.7 Å². The quantitative estimate of drug-likeness (QED) is 0.529. The van der Waals surface area contributed by atoms with Gasteiger partial charge in [-0.2, -0.15) is 0 Å². The van der Waals surface area contributed by atoms with Crippen LogP contribution in [0.2, 0.25) is 5.15 Å². The molecule has 0 atom stereocenters. The van der Waals surface area contributed by atoms with Crippen LogP contribution in [0.3, 0.4) is 0 Å². The number of nitrogens with zero attached hydrogens (tertiary/aromatic N) is 2. The smallest absolute Gasteiger partial charge is 0.276 e. The lowest BCUT2D eigenvalue weighted by molar-refractivity contribution is -0.384. The third-order valence-electron chi connectivity index (χ3n) is 2.53. The molecule has 1 aromatic heterocycles. The summed E-state index contributed by atoms with van der Waals surface area (Å²) >= 11 is 5.63. The molecule has 1 heterocycles. The molecule has 8 heteroatoms. The van der Waals surface area contributed by atoms with Crippen LogP contribution in [0.4, 0.5) is 26.0 Å². The van der Waals surface area contributed by atoms with E-state index < -0.39 is 22.2 Å². The van der Waals surface area contributed by atoms with E-state index in [4.69, 9.17) is 11.6 Å². The monoisotopic (exact) mass is 299 g/mol. The molecule has 0 fully saturated rings. The summed E-state index contributed by atoms with van der Waals surface area (Å²) in [5.74, 6) is -1.75. The molecule has 104 valence electrons. The number of anilines is 2. The van der Waals surface area contributed by atoms with Crippen molar-refractivity contribution in [2.24, 2.45) is 0 Å². The normalized spacial score (nSPS) is 10.4. The topological polar surface area (TPSA) is 68.1 Å². The van der Waals surface area contributed by atoms with Gasteiger partial charge in [-0.1, -0.05) is 17.7 Å². The third-order valence-corrected chi connectivity index (χ3v) is 2.72. The molecule has 0 saturated carbocycles. The molecule has 0 unspecified atom stereocenters. The maximum Gasteiger partial charge on any atom is 0.276 e. The van der Waals surface area contributed by atoms with Crippen LogP contribution in [0, 0.1) is 28.7 Å². The summed E-state index contributed by atoms with van der Waals surface area (Å²) in [7, 11) is 0. The summed E-state index contributed by atoms with van der Waals surface area (Å²) in [5, 5.41) is 12.9. The van der Waals surface area contributed by atoms with Crippen molar-refractivity contribution in [2.45, 2.75) is 6.92 Å². The maximum absolute atomic E-state index is 13.8. The number of nitrogens with one attached hydrogen (secondary N) is 1. The van der Waals surface area contributed by atoms with E-state index in [1.54, 1.807) is 0 Å². The number of rotatable bonds is 3. The van der Waals surface area contributed by atoms with Crippen LogP contribution >= 0.6 is 11.6 Å². The maximum atomic E-state index is 13.8. The van der Waals surface area contributed by atoms with Gasteiger partial charge in [0.2, 0.25) is 0 Å². The van der Waals surface area contributed by atoms with Crippen molar-refractivity contribution in [3.8, 4) is 0 Å². The van der Waals surface area contributed by atoms with E-state index in [1.165, 1.54) is 13.0 Å². The van der Waals surface area contributed by atoms with Crippen LogP contribution in [0.5, 0.6) is 0 Å². The van der Waals surface area contributed by atoms with Crippen LogP contribution in [0.25, 0.3) is 0 Å². The number of aryl methyl sites for hydroxylation is 1. The summed E-state index contributed by atoms with van der Waals surface area (Å²) in [6.07, 6.45) is 0. The van der Waals surface area contributed by atoms with Gasteiger partial charge in [-0.25, -0.2) is 13.8 Å². The highest BCUT2D eigenvalue weighted by atomic mass is 35.5. The molecule has 0 aliphatic rings. The summed E-state index contributed by atoms with van der Waals surface area (Å²) in [6.45, 7) is 1.47. The minimum absolute atomic E-state index is 0.118. The number of hydrogen-bond donors (Lipinski definition) is 1. The fraction of sp³-hybridized carbons (Fsp3) is 0.0833. The number of nitro groups is 1. The lowest BCUT2D eigenvalue weighted by Gasteiger charge is -2.09. The zero-order valence-electron chi connectivity index (χ0n) is 10.2. The summed E-state index contributed by atoms with van der Waals surface area (Å²) in [4.78, 5) is 13.8. The highest BCUT2D eigenvalue weighted by Gasteiger charge is 2.15. The first-order chi connectivity index (χ1) is 9.38. The van der Waals surface area contributed by atoms with Gasteiger partial charge >= 0.3 is 0 Å². The third kappa shape index (κ3) is 2.83. The molecule has 0 spiro atoms. The second-order valence-corrected chi connectivity index (χ2v) is 4.36. The number of halogens is 3. The Kier molecular flexibility index (Phi) is 3.80. The van der Waals surface area contributed by atoms with E-state index in [1.807, 2.05) is 0 Å². The molecule has 0 bridgehead atoms. The van der Waals surface area contributed by atoms with Gasteiger partial charge in [0.1, 0.15) is 22.5 Å². The van der Waals surface area contributed by atoms with Gasteiger partial charge in [0.25, 0.3) is 5.69 Å². The van der Waals surface area contributed by atoms with Crippen LogP contribution < -0.4 is 5.32 Å². The van der Waals surface area contributed by atoms with Crippen LogP contribution in [0.1, 0.15) is 5.56 Å². The molecule has 2 aromatic rings. The lowest BCUT2D eigenvalue weighted by Crippen LogP contribution is -2.02. The van der Waals surface area contributed by atoms with Crippen LogP contribution in [-0.4, -0.2) is 9.91 Å². The molecule has 0 aliphatic carbocycles. The van der Waals surface area contributed by atoms with E-state index in [9.17, 15) is 18.9 Å². The standard InChI is InChI=1S/C12H8ClF2N3O2/c1-6-2-3-8(14)12(11(6)15)17-10-5-7(18(19)20)4-9(13)16-10/h2-5H,1H3,(H,16,17). The number of hydrogen-bond acceptors (Lipinski definition) is 4. The Bertz CT molecular complexity index is 695. The molecule has 0 saturated heterocycles. The first-order valence-corrected chi connectivity index (χ1v) is 5.80. The zero-order valence-corrected chi connectivity index (χ0v) is 10.9. The first-order valence-electron chi connectivity index (χ1n) is 5.42. The number of aromatic nitrogens is 1. The van der Waals surface area contributed by atoms with Crippen molar-refractivity contribution in [3.05, 3.63) is 56.7 Å². The Labute approximate surface area is 117 Å². The molecule has 0 amide bonds. The van der Waals surface area contributed by atoms with Crippen LogP contribution in [0.15, 0.2) is 24.3 Å². The van der Waals surface area contributed by atoms with Gasteiger partial charge < -0.3 is 5.32 Å².